The third-order valence-corrected chi connectivity index (χ3v) is 9.25. The Morgan fingerprint density at radius 2 is 0.830 bits per heavy atom. The van der Waals surface area contributed by atoms with Crippen molar-refractivity contribution in [3.05, 3.63) is 24.3 Å². The van der Waals surface area contributed by atoms with Crippen molar-refractivity contribution >= 4 is 5.97 Å². The van der Waals surface area contributed by atoms with Crippen LogP contribution in [0.4, 0.5) is 0 Å². The Morgan fingerprint density at radius 3 is 1.21 bits per heavy atom. The minimum absolute atomic E-state index is 0.172. The first-order valence-corrected chi connectivity index (χ1v) is 20.9. The van der Waals surface area contributed by atoms with Crippen molar-refractivity contribution in [2.24, 2.45) is 0 Å². The van der Waals surface area contributed by atoms with E-state index >= 15 is 0 Å². The van der Waals surface area contributed by atoms with Gasteiger partial charge < -0.3 is 14.6 Å². The van der Waals surface area contributed by atoms with Crippen molar-refractivity contribution in [2.45, 2.75) is 225 Å². The molecule has 0 amide bonds. The zero-order valence-electron chi connectivity index (χ0n) is 31.8. The van der Waals surface area contributed by atoms with E-state index in [9.17, 15) is 9.90 Å². The first-order chi connectivity index (χ1) is 23.2. The van der Waals surface area contributed by atoms with Gasteiger partial charge >= 0.3 is 5.97 Å². The van der Waals surface area contributed by atoms with Crippen molar-refractivity contribution < 1.29 is 19.4 Å². The molecular formula is C43H82O4. The largest absolute Gasteiger partial charge is 0.457 e. The van der Waals surface area contributed by atoms with Crippen LogP contribution in [0.3, 0.4) is 0 Å². The average Bonchev–Trinajstić information content (AvgIpc) is 3.08. The first-order valence-electron chi connectivity index (χ1n) is 20.9. The molecule has 0 aliphatic carbocycles. The summed E-state index contributed by atoms with van der Waals surface area (Å²) in [4.78, 5) is 12.2. The summed E-state index contributed by atoms with van der Waals surface area (Å²) in [5, 5.41) is 9.59. The number of ether oxygens (including phenoxy) is 2. The summed E-state index contributed by atoms with van der Waals surface area (Å²) in [5.74, 6) is -0.204. The van der Waals surface area contributed by atoms with E-state index in [1.165, 1.54) is 180 Å². The van der Waals surface area contributed by atoms with Gasteiger partial charge in [0.2, 0.25) is 0 Å². The van der Waals surface area contributed by atoms with E-state index in [1.54, 1.807) is 0 Å². The highest BCUT2D eigenvalue weighted by molar-refractivity contribution is 5.69. The van der Waals surface area contributed by atoms with Gasteiger partial charge in [-0.25, -0.2) is 0 Å². The molecule has 278 valence electrons. The number of esters is 1. The molecule has 1 unspecified atom stereocenters. The molecule has 0 rings (SSSR count). The fraction of sp³-hybridized carbons (Fsp3) is 0.884. The van der Waals surface area contributed by atoms with Crippen LogP contribution >= 0.6 is 0 Å². The quantitative estimate of drug-likeness (QED) is 0.0404. The molecule has 0 radical (unpaired) electrons. The molecule has 0 bridgehead atoms. The molecule has 0 fully saturated rings. The number of aliphatic hydroxyl groups excluding tert-OH is 1. The molecule has 0 saturated heterocycles. The van der Waals surface area contributed by atoms with Gasteiger partial charge in [0, 0.05) is 13.0 Å². The summed E-state index contributed by atoms with van der Waals surface area (Å²) in [6, 6.07) is 0. The highest BCUT2D eigenvalue weighted by atomic mass is 16.6. The number of unbranched alkanes of at least 4 members (excludes halogenated alkanes) is 27. The van der Waals surface area contributed by atoms with E-state index in [2.05, 4.69) is 38.2 Å². The minimum atomic E-state index is -0.535. The molecule has 47 heavy (non-hydrogen) atoms. The number of hydrogen-bond acceptors (Lipinski definition) is 4. The summed E-state index contributed by atoms with van der Waals surface area (Å²) >= 11 is 0. The summed E-state index contributed by atoms with van der Waals surface area (Å²) < 4.78 is 11.2. The molecule has 0 heterocycles. The summed E-state index contributed by atoms with van der Waals surface area (Å²) in [5.41, 5.74) is 0. The predicted octanol–water partition coefficient (Wildman–Crippen LogP) is 13.5. The van der Waals surface area contributed by atoms with Crippen molar-refractivity contribution in [3.63, 3.8) is 0 Å². The SMILES string of the molecule is CCCCCCCC/C=C\CCCCCCCCCCOCC(CO)OC(=O)CCCCCCCCC/C=C\CCCCCCCC. The Labute approximate surface area is 294 Å². The van der Waals surface area contributed by atoms with Crippen LogP contribution in [0.15, 0.2) is 24.3 Å². The lowest BCUT2D eigenvalue weighted by atomic mass is 10.1. The predicted molar refractivity (Wildman–Crippen MR) is 205 cm³/mol. The molecule has 0 aliphatic rings. The second kappa shape index (κ2) is 41.0. The van der Waals surface area contributed by atoms with E-state index in [0.29, 0.717) is 19.6 Å². The monoisotopic (exact) mass is 663 g/mol. The Kier molecular flexibility index (Phi) is 40.1. The van der Waals surface area contributed by atoms with E-state index in [0.717, 1.165) is 19.3 Å². The third kappa shape index (κ3) is 39.2. The molecule has 4 heteroatoms. The van der Waals surface area contributed by atoms with Gasteiger partial charge in [-0.15, -0.1) is 0 Å². The van der Waals surface area contributed by atoms with Crippen LogP contribution in [-0.4, -0.2) is 37.0 Å². The van der Waals surface area contributed by atoms with Crippen molar-refractivity contribution in [1.82, 2.24) is 0 Å². The van der Waals surface area contributed by atoms with Gasteiger partial charge in [0.05, 0.1) is 13.2 Å². The number of hydrogen-bond donors (Lipinski definition) is 1. The Hall–Kier alpha value is -1.13. The highest BCUT2D eigenvalue weighted by Gasteiger charge is 2.13. The number of carbonyl (C=O) groups excluding carboxylic acids is 1. The Morgan fingerprint density at radius 1 is 0.489 bits per heavy atom. The maximum Gasteiger partial charge on any atom is 0.306 e. The fourth-order valence-corrected chi connectivity index (χ4v) is 6.08. The second-order valence-electron chi connectivity index (χ2n) is 14.1. The van der Waals surface area contributed by atoms with Crippen LogP contribution in [0.2, 0.25) is 0 Å². The molecule has 0 aromatic rings. The first kappa shape index (κ1) is 45.9. The highest BCUT2D eigenvalue weighted by Crippen LogP contribution is 2.13. The van der Waals surface area contributed by atoms with Gasteiger partial charge in [0.15, 0.2) is 0 Å². The standard InChI is InChI=1S/C43H82O4/c1-3-5-7-9-11-13-15-17-19-21-23-25-27-29-31-33-35-37-39-46-41-42(40-44)47-43(45)38-36-34-32-30-28-26-24-22-20-18-16-14-12-10-8-6-4-2/h17-20,42,44H,3-16,21-41H2,1-2H3/b19-17-,20-18-. The minimum Gasteiger partial charge on any atom is -0.457 e. The molecule has 0 spiro atoms. The van der Waals surface area contributed by atoms with E-state index < -0.39 is 6.10 Å². The van der Waals surface area contributed by atoms with Crippen LogP contribution in [0.5, 0.6) is 0 Å². The molecule has 0 aromatic heterocycles. The van der Waals surface area contributed by atoms with Gasteiger partial charge in [-0.1, -0.05) is 173 Å². The lowest BCUT2D eigenvalue weighted by Gasteiger charge is -2.16. The molecule has 0 saturated carbocycles. The number of aliphatic hydroxyl groups is 1. The smallest absolute Gasteiger partial charge is 0.306 e. The van der Waals surface area contributed by atoms with E-state index in [-0.39, 0.29) is 12.6 Å². The van der Waals surface area contributed by atoms with Crippen molar-refractivity contribution in [1.29, 1.82) is 0 Å². The van der Waals surface area contributed by atoms with Crippen LogP contribution in [0, 0.1) is 0 Å². The van der Waals surface area contributed by atoms with E-state index in [1.807, 2.05) is 0 Å². The lowest BCUT2D eigenvalue weighted by Crippen LogP contribution is -2.27. The van der Waals surface area contributed by atoms with Crippen LogP contribution in [-0.2, 0) is 14.3 Å². The van der Waals surface area contributed by atoms with Crippen LogP contribution < -0.4 is 0 Å². The number of carbonyl (C=O) groups is 1. The molecule has 0 aliphatic heterocycles. The molecule has 1 atom stereocenters. The van der Waals surface area contributed by atoms with Crippen LogP contribution in [0.25, 0.3) is 0 Å². The normalized spacial score (nSPS) is 12.5. The van der Waals surface area contributed by atoms with E-state index in [4.69, 9.17) is 9.47 Å². The van der Waals surface area contributed by atoms with Gasteiger partial charge in [-0.05, 0) is 64.2 Å². The zero-order chi connectivity index (χ0) is 34.1. The lowest BCUT2D eigenvalue weighted by molar-refractivity contribution is -0.154. The molecule has 4 nitrogen and oxygen atoms in total. The van der Waals surface area contributed by atoms with Gasteiger partial charge in [0.1, 0.15) is 6.10 Å². The van der Waals surface area contributed by atoms with Crippen molar-refractivity contribution in [3.8, 4) is 0 Å². The zero-order valence-corrected chi connectivity index (χ0v) is 31.8. The fourth-order valence-electron chi connectivity index (χ4n) is 6.08. The third-order valence-electron chi connectivity index (χ3n) is 9.25. The van der Waals surface area contributed by atoms with Crippen molar-refractivity contribution in [2.75, 3.05) is 19.8 Å². The molecule has 1 N–H and O–H groups in total. The van der Waals surface area contributed by atoms with Gasteiger partial charge in [0.25, 0.3) is 0 Å². The number of allylic oxidation sites excluding steroid dienone is 4. The van der Waals surface area contributed by atoms with Crippen LogP contribution in [0.1, 0.15) is 219 Å². The number of rotatable bonds is 39. The van der Waals surface area contributed by atoms with Gasteiger partial charge in [-0.3, -0.25) is 4.79 Å². The summed E-state index contributed by atoms with van der Waals surface area (Å²) in [7, 11) is 0. The molecule has 0 aromatic carbocycles. The topological polar surface area (TPSA) is 55.8 Å². The Bertz CT molecular complexity index is 658. The Balaban J connectivity index is 3.42. The molecular weight excluding hydrogens is 580 g/mol. The second-order valence-corrected chi connectivity index (χ2v) is 14.1. The summed E-state index contributed by atoms with van der Waals surface area (Å²) in [6.45, 7) is 5.35. The van der Waals surface area contributed by atoms with Gasteiger partial charge in [-0.2, -0.15) is 0 Å². The summed E-state index contributed by atoms with van der Waals surface area (Å²) in [6.07, 6.45) is 49.4. The maximum absolute atomic E-state index is 12.2. The average molecular weight is 663 g/mol. The maximum atomic E-state index is 12.2.